The van der Waals surface area contributed by atoms with E-state index in [-0.39, 0.29) is 40.4 Å². The second-order valence-electron chi connectivity index (χ2n) is 6.51. The number of benzene rings is 2. The topological polar surface area (TPSA) is 184 Å². The normalized spacial score (nSPS) is 12.1. The highest BCUT2D eigenvalue weighted by Gasteiger charge is 2.26. The number of aromatic amines is 1. The summed E-state index contributed by atoms with van der Waals surface area (Å²) in [5, 5.41) is 40.4. The summed E-state index contributed by atoms with van der Waals surface area (Å²) < 4.78 is 26.5. The van der Waals surface area contributed by atoms with Crippen LogP contribution in [0.1, 0.15) is 13.8 Å². The van der Waals surface area contributed by atoms with Crippen molar-refractivity contribution in [3.8, 4) is 5.88 Å². The van der Waals surface area contributed by atoms with Gasteiger partial charge in [-0.15, -0.1) is 10.2 Å². The minimum Gasteiger partial charge on any atom is -0.493 e. The molecule has 1 aromatic heterocycles. The Balaban J connectivity index is 2.08. The third-order valence-corrected chi connectivity index (χ3v) is 6.74. The molecule has 168 valence electrons. The van der Waals surface area contributed by atoms with Gasteiger partial charge in [0.2, 0.25) is 15.9 Å². The van der Waals surface area contributed by atoms with Crippen LogP contribution in [-0.2, 0) is 10.0 Å². The van der Waals surface area contributed by atoms with E-state index in [4.69, 9.17) is 0 Å². The Hall–Kier alpha value is -3.91. The zero-order valence-electron chi connectivity index (χ0n) is 16.9. The van der Waals surface area contributed by atoms with Gasteiger partial charge in [-0.2, -0.15) is 4.31 Å². The molecule has 0 fully saturated rings. The predicted molar refractivity (Wildman–Crippen MR) is 114 cm³/mol. The summed E-state index contributed by atoms with van der Waals surface area (Å²) >= 11 is 0. The minimum absolute atomic E-state index is 0.155. The Kier molecular flexibility index (Phi) is 6.18. The number of H-pyrrole nitrogens is 1. The van der Waals surface area contributed by atoms with Crippen LogP contribution in [0, 0.1) is 20.2 Å². The molecule has 0 bridgehead atoms. The summed E-state index contributed by atoms with van der Waals surface area (Å²) in [5.41, 5.74) is -0.917. The number of aromatic hydroxyl groups is 1. The number of nitrogens with zero attached hydrogens (tertiary/aromatic N) is 5. The average molecular weight is 462 g/mol. The summed E-state index contributed by atoms with van der Waals surface area (Å²) in [4.78, 5) is 23.5. The molecule has 0 radical (unpaired) electrons. The smallest absolute Gasteiger partial charge is 0.298 e. The number of sulfonamides is 1. The lowest BCUT2D eigenvalue weighted by molar-refractivity contribution is -0.384. The van der Waals surface area contributed by atoms with Crippen molar-refractivity contribution in [2.75, 3.05) is 13.1 Å². The van der Waals surface area contributed by atoms with Crippen molar-refractivity contribution >= 4 is 43.7 Å². The lowest BCUT2D eigenvalue weighted by Crippen LogP contribution is -2.30. The Labute approximate surface area is 181 Å². The first-order chi connectivity index (χ1) is 15.1. The SMILES string of the molecule is CCN(CC)S(=O)(=O)c1ccc(N=Nc2c(O)[nH]c3ccc([N+](=O)[O-])cc23)c([N+](=O)[O-])c1. The lowest BCUT2D eigenvalue weighted by Gasteiger charge is -2.18. The Morgan fingerprint density at radius 2 is 1.72 bits per heavy atom. The van der Waals surface area contributed by atoms with E-state index in [0.717, 1.165) is 16.4 Å². The lowest BCUT2D eigenvalue weighted by atomic mass is 10.2. The highest BCUT2D eigenvalue weighted by molar-refractivity contribution is 7.89. The summed E-state index contributed by atoms with van der Waals surface area (Å²) in [7, 11) is -3.93. The fourth-order valence-electron chi connectivity index (χ4n) is 3.08. The number of azo groups is 1. The predicted octanol–water partition coefficient (Wildman–Crippen LogP) is 4.14. The number of hydrogen-bond acceptors (Lipinski definition) is 9. The molecule has 0 aliphatic rings. The fourth-order valence-corrected chi connectivity index (χ4v) is 4.56. The van der Waals surface area contributed by atoms with Crippen LogP contribution < -0.4 is 0 Å². The Morgan fingerprint density at radius 1 is 1.03 bits per heavy atom. The van der Waals surface area contributed by atoms with Crippen LogP contribution in [0.5, 0.6) is 5.88 Å². The first-order valence-electron chi connectivity index (χ1n) is 9.29. The van der Waals surface area contributed by atoms with Gasteiger partial charge < -0.3 is 10.1 Å². The molecule has 0 atom stereocenters. The van der Waals surface area contributed by atoms with Crippen molar-refractivity contribution in [3.05, 3.63) is 56.6 Å². The third kappa shape index (κ3) is 4.13. The minimum atomic E-state index is -3.93. The first-order valence-corrected chi connectivity index (χ1v) is 10.7. The molecule has 0 spiro atoms. The van der Waals surface area contributed by atoms with Gasteiger partial charge in [-0.25, -0.2) is 8.42 Å². The van der Waals surface area contributed by atoms with Gasteiger partial charge in [-0.1, -0.05) is 13.8 Å². The summed E-state index contributed by atoms with van der Waals surface area (Å²) in [6.45, 7) is 3.69. The number of fused-ring (bicyclic) bond motifs is 1. The monoisotopic (exact) mass is 462 g/mol. The number of aromatic nitrogens is 1. The van der Waals surface area contributed by atoms with E-state index in [1.54, 1.807) is 13.8 Å². The molecular weight excluding hydrogens is 444 g/mol. The van der Waals surface area contributed by atoms with E-state index in [1.165, 1.54) is 24.3 Å². The Bertz CT molecular complexity index is 1350. The van der Waals surface area contributed by atoms with Crippen molar-refractivity contribution in [1.82, 2.24) is 9.29 Å². The van der Waals surface area contributed by atoms with Crippen molar-refractivity contribution in [3.63, 3.8) is 0 Å². The van der Waals surface area contributed by atoms with Gasteiger partial charge in [-0.3, -0.25) is 20.2 Å². The third-order valence-electron chi connectivity index (χ3n) is 4.69. The highest BCUT2D eigenvalue weighted by Crippen LogP contribution is 2.39. The standard InChI is InChI=1S/C18H18N6O7S/c1-3-22(4-2)32(30,31)12-6-8-15(16(10-12)24(28)29)20-21-17-13-9-11(23(26)27)5-7-14(13)19-18(17)25/h5-10,19,25H,3-4H2,1-2H3. The summed E-state index contributed by atoms with van der Waals surface area (Å²) in [6, 6.07) is 6.98. The van der Waals surface area contributed by atoms with Gasteiger partial charge in [0.1, 0.15) is 0 Å². The molecule has 0 saturated heterocycles. The van der Waals surface area contributed by atoms with E-state index in [9.17, 15) is 33.8 Å². The molecule has 0 aliphatic carbocycles. The number of nitrogens with one attached hydrogen (secondary N) is 1. The zero-order valence-corrected chi connectivity index (χ0v) is 17.7. The molecule has 0 aliphatic heterocycles. The second kappa shape index (κ2) is 8.68. The van der Waals surface area contributed by atoms with Crippen LogP contribution in [0.15, 0.2) is 51.5 Å². The maximum Gasteiger partial charge on any atom is 0.298 e. The van der Waals surface area contributed by atoms with Crippen LogP contribution in [-0.4, -0.2) is 45.7 Å². The van der Waals surface area contributed by atoms with Crippen molar-refractivity contribution in [2.45, 2.75) is 18.7 Å². The van der Waals surface area contributed by atoms with Gasteiger partial charge in [0.15, 0.2) is 11.4 Å². The molecular formula is C18H18N6O7S. The number of nitro groups is 2. The van der Waals surface area contributed by atoms with Crippen molar-refractivity contribution in [2.24, 2.45) is 10.2 Å². The molecule has 2 aromatic carbocycles. The molecule has 13 nitrogen and oxygen atoms in total. The molecule has 3 rings (SSSR count). The molecule has 14 heteroatoms. The molecule has 3 aromatic rings. The number of hydrogen-bond donors (Lipinski definition) is 2. The van der Waals surface area contributed by atoms with Gasteiger partial charge in [0.25, 0.3) is 11.4 Å². The zero-order chi connectivity index (χ0) is 23.6. The van der Waals surface area contributed by atoms with Crippen molar-refractivity contribution in [1.29, 1.82) is 0 Å². The number of nitro benzene ring substituents is 2. The second-order valence-corrected chi connectivity index (χ2v) is 8.44. The molecule has 2 N–H and O–H groups in total. The van der Waals surface area contributed by atoms with E-state index in [2.05, 4.69) is 15.2 Å². The van der Waals surface area contributed by atoms with Gasteiger partial charge in [0.05, 0.1) is 20.3 Å². The molecule has 0 amide bonds. The van der Waals surface area contributed by atoms with E-state index in [0.29, 0.717) is 5.52 Å². The molecule has 1 heterocycles. The fraction of sp³-hybridized carbons (Fsp3) is 0.222. The summed E-state index contributed by atoms with van der Waals surface area (Å²) in [6.07, 6.45) is 0. The van der Waals surface area contributed by atoms with Crippen LogP contribution in [0.25, 0.3) is 10.9 Å². The Morgan fingerprint density at radius 3 is 2.31 bits per heavy atom. The average Bonchev–Trinajstić information content (AvgIpc) is 3.06. The van der Waals surface area contributed by atoms with Gasteiger partial charge in [-0.05, 0) is 18.2 Å². The van der Waals surface area contributed by atoms with Gasteiger partial charge in [0, 0.05) is 36.7 Å². The van der Waals surface area contributed by atoms with E-state index in [1.807, 2.05) is 0 Å². The van der Waals surface area contributed by atoms with Crippen LogP contribution >= 0.6 is 0 Å². The maximum absolute atomic E-state index is 12.7. The largest absolute Gasteiger partial charge is 0.493 e. The summed E-state index contributed by atoms with van der Waals surface area (Å²) in [5.74, 6) is -0.437. The van der Waals surface area contributed by atoms with Crippen molar-refractivity contribution < 1.29 is 23.4 Å². The van der Waals surface area contributed by atoms with E-state index < -0.39 is 31.4 Å². The number of non-ortho nitro benzene ring substituents is 1. The number of rotatable bonds is 8. The highest BCUT2D eigenvalue weighted by atomic mass is 32.2. The van der Waals surface area contributed by atoms with E-state index >= 15 is 0 Å². The van der Waals surface area contributed by atoms with Crippen LogP contribution in [0.3, 0.4) is 0 Å². The molecule has 0 unspecified atom stereocenters. The molecule has 0 saturated carbocycles. The van der Waals surface area contributed by atoms with Crippen LogP contribution in [0.2, 0.25) is 0 Å². The van der Waals surface area contributed by atoms with Gasteiger partial charge >= 0.3 is 0 Å². The van der Waals surface area contributed by atoms with Crippen LogP contribution in [0.4, 0.5) is 22.7 Å². The quantitative estimate of drug-likeness (QED) is 0.286. The first kappa shape index (κ1) is 22.8. The molecule has 32 heavy (non-hydrogen) atoms. The maximum atomic E-state index is 12.7.